The van der Waals surface area contributed by atoms with E-state index in [2.05, 4.69) is 25.2 Å². The van der Waals surface area contributed by atoms with Gasteiger partial charge in [-0.3, -0.25) is 4.79 Å². The molecule has 0 fully saturated rings. The SMILES string of the molecule is C/C=C/[C@H]([C@@H](OC(C)=O)C(=O)OC)[Si](C)(C)c1ccccc1. The monoisotopic (exact) mass is 320 g/mol. The molecule has 0 bridgehead atoms. The average Bonchev–Trinajstić information content (AvgIpc) is 2.50. The van der Waals surface area contributed by atoms with Gasteiger partial charge in [-0.05, 0) is 6.92 Å². The fourth-order valence-electron chi connectivity index (χ4n) is 2.55. The molecule has 0 saturated carbocycles. The maximum absolute atomic E-state index is 12.1. The third kappa shape index (κ3) is 4.30. The van der Waals surface area contributed by atoms with Gasteiger partial charge in [0.15, 0.2) is 0 Å². The van der Waals surface area contributed by atoms with Crippen LogP contribution in [0.1, 0.15) is 13.8 Å². The second kappa shape index (κ2) is 7.94. The molecule has 120 valence electrons. The summed E-state index contributed by atoms with van der Waals surface area (Å²) in [5.41, 5.74) is -0.198. The van der Waals surface area contributed by atoms with Crippen LogP contribution in [0.25, 0.3) is 0 Å². The molecular formula is C17H24O4Si. The minimum Gasteiger partial charge on any atom is -0.466 e. The Bertz CT molecular complexity index is 537. The van der Waals surface area contributed by atoms with Crippen molar-refractivity contribution in [3.8, 4) is 0 Å². The van der Waals surface area contributed by atoms with Gasteiger partial charge in [0.25, 0.3) is 0 Å². The largest absolute Gasteiger partial charge is 0.466 e. The molecule has 1 aromatic carbocycles. The van der Waals surface area contributed by atoms with Gasteiger partial charge in [-0.25, -0.2) is 4.79 Å². The van der Waals surface area contributed by atoms with E-state index in [1.165, 1.54) is 19.2 Å². The highest BCUT2D eigenvalue weighted by Crippen LogP contribution is 2.30. The van der Waals surface area contributed by atoms with Crippen LogP contribution in [0.2, 0.25) is 18.6 Å². The van der Waals surface area contributed by atoms with E-state index in [4.69, 9.17) is 9.47 Å². The molecule has 1 rings (SSSR count). The molecule has 0 aromatic heterocycles. The summed E-state index contributed by atoms with van der Waals surface area (Å²) in [4.78, 5) is 23.5. The summed E-state index contributed by atoms with van der Waals surface area (Å²) >= 11 is 0. The summed E-state index contributed by atoms with van der Waals surface area (Å²) in [6.07, 6.45) is 2.92. The summed E-state index contributed by atoms with van der Waals surface area (Å²) in [6, 6.07) is 10.0. The Balaban J connectivity index is 3.29. The maximum atomic E-state index is 12.1. The second-order valence-electron chi connectivity index (χ2n) is 5.69. The Labute approximate surface area is 133 Å². The van der Waals surface area contributed by atoms with Gasteiger partial charge in [0.05, 0.1) is 15.2 Å². The lowest BCUT2D eigenvalue weighted by atomic mass is 10.2. The van der Waals surface area contributed by atoms with Crippen LogP contribution in [0.5, 0.6) is 0 Å². The smallest absolute Gasteiger partial charge is 0.347 e. The van der Waals surface area contributed by atoms with Gasteiger partial charge in [-0.2, -0.15) is 0 Å². The van der Waals surface area contributed by atoms with E-state index in [-0.39, 0.29) is 5.54 Å². The molecule has 0 heterocycles. The van der Waals surface area contributed by atoms with Gasteiger partial charge < -0.3 is 9.47 Å². The topological polar surface area (TPSA) is 52.6 Å². The van der Waals surface area contributed by atoms with Crippen molar-refractivity contribution in [2.75, 3.05) is 7.11 Å². The van der Waals surface area contributed by atoms with Gasteiger partial charge in [-0.1, -0.05) is 60.8 Å². The molecule has 1 aromatic rings. The third-order valence-corrected chi connectivity index (χ3v) is 7.79. The molecule has 5 heteroatoms. The van der Waals surface area contributed by atoms with Gasteiger partial charge in [-0.15, -0.1) is 0 Å². The van der Waals surface area contributed by atoms with Crippen molar-refractivity contribution in [3.63, 3.8) is 0 Å². The Hall–Kier alpha value is -1.88. The first-order chi connectivity index (χ1) is 10.3. The van der Waals surface area contributed by atoms with Gasteiger partial charge in [0.2, 0.25) is 6.10 Å². The van der Waals surface area contributed by atoms with Crippen LogP contribution in [-0.2, 0) is 19.1 Å². The fraction of sp³-hybridized carbons (Fsp3) is 0.412. The number of hydrogen-bond acceptors (Lipinski definition) is 4. The van der Waals surface area contributed by atoms with Crippen LogP contribution in [0.4, 0.5) is 0 Å². The van der Waals surface area contributed by atoms with Gasteiger partial charge in [0.1, 0.15) is 0 Å². The standard InChI is InChI=1S/C17H24O4Si/c1-6-10-15(16(17(19)20-3)21-13(2)18)22(4,5)14-11-8-7-9-12-14/h6-12,15-16H,1-5H3/b10-6+/t15-,16-/m1/s1. The Morgan fingerprint density at radius 2 is 1.77 bits per heavy atom. The van der Waals surface area contributed by atoms with Crippen molar-refractivity contribution in [3.05, 3.63) is 42.5 Å². The van der Waals surface area contributed by atoms with Crippen LogP contribution in [0.15, 0.2) is 42.5 Å². The molecule has 0 aliphatic carbocycles. The first-order valence-electron chi connectivity index (χ1n) is 7.28. The normalized spacial score (nSPS) is 14.4. The van der Waals surface area contributed by atoms with E-state index in [0.29, 0.717) is 0 Å². The first kappa shape index (κ1) is 18.2. The summed E-state index contributed by atoms with van der Waals surface area (Å²) in [5, 5.41) is 1.19. The zero-order chi connectivity index (χ0) is 16.8. The number of allylic oxidation sites excluding steroid dienone is 1. The van der Waals surface area contributed by atoms with Crippen LogP contribution in [-0.4, -0.2) is 33.2 Å². The summed E-state index contributed by atoms with van der Waals surface area (Å²) < 4.78 is 10.1. The molecule has 4 nitrogen and oxygen atoms in total. The van der Waals surface area contributed by atoms with Crippen molar-refractivity contribution >= 4 is 25.2 Å². The van der Waals surface area contributed by atoms with Crippen LogP contribution in [0, 0.1) is 0 Å². The highest BCUT2D eigenvalue weighted by atomic mass is 28.3. The van der Waals surface area contributed by atoms with E-state index in [1.54, 1.807) is 0 Å². The van der Waals surface area contributed by atoms with Crippen LogP contribution in [0.3, 0.4) is 0 Å². The maximum Gasteiger partial charge on any atom is 0.347 e. The van der Waals surface area contributed by atoms with Crippen LogP contribution >= 0.6 is 0 Å². The van der Waals surface area contributed by atoms with E-state index in [1.807, 2.05) is 37.3 Å². The highest BCUT2D eigenvalue weighted by Gasteiger charge is 2.43. The van der Waals surface area contributed by atoms with Gasteiger partial charge >= 0.3 is 11.9 Å². The molecule has 0 N–H and O–H groups in total. The van der Waals surface area contributed by atoms with E-state index < -0.39 is 26.1 Å². The zero-order valence-electron chi connectivity index (χ0n) is 13.8. The fourth-order valence-corrected chi connectivity index (χ4v) is 5.62. The van der Waals surface area contributed by atoms with Gasteiger partial charge in [0, 0.05) is 12.5 Å². The Kier molecular flexibility index (Phi) is 6.55. The number of hydrogen-bond donors (Lipinski definition) is 0. The van der Waals surface area contributed by atoms with Crippen molar-refractivity contribution < 1.29 is 19.1 Å². The minimum atomic E-state index is -2.10. The Morgan fingerprint density at radius 1 is 1.18 bits per heavy atom. The highest BCUT2D eigenvalue weighted by molar-refractivity contribution is 6.91. The summed E-state index contributed by atoms with van der Waals surface area (Å²) in [7, 11) is -0.795. The minimum absolute atomic E-state index is 0.198. The average molecular weight is 320 g/mol. The lowest BCUT2D eigenvalue weighted by Gasteiger charge is -2.34. The zero-order valence-corrected chi connectivity index (χ0v) is 14.8. The molecule has 0 radical (unpaired) electrons. The van der Waals surface area contributed by atoms with Crippen molar-refractivity contribution in [1.29, 1.82) is 0 Å². The molecular weight excluding hydrogens is 296 g/mol. The lowest BCUT2D eigenvalue weighted by Crippen LogP contribution is -2.52. The number of carbonyl (C=O) groups is 2. The summed E-state index contributed by atoms with van der Waals surface area (Å²) in [5.74, 6) is -1.00. The second-order valence-corrected chi connectivity index (χ2v) is 10.4. The quantitative estimate of drug-likeness (QED) is 0.459. The molecule has 0 aliphatic heterocycles. The number of esters is 2. The molecule has 0 amide bonds. The molecule has 0 unspecified atom stereocenters. The number of carbonyl (C=O) groups excluding carboxylic acids is 2. The third-order valence-electron chi connectivity index (χ3n) is 3.80. The molecule has 22 heavy (non-hydrogen) atoms. The van der Waals surface area contributed by atoms with Crippen molar-refractivity contribution in [1.82, 2.24) is 0 Å². The number of rotatable bonds is 6. The number of ether oxygens (including phenoxy) is 2. The predicted molar refractivity (Wildman–Crippen MR) is 89.7 cm³/mol. The summed E-state index contributed by atoms with van der Waals surface area (Å²) in [6.45, 7) is 7.52. The number of benzene rings is 1. The predicted octanol–water partition coefficient (Wildman–Crippen LogP) is 2.65. The molecule has 0 aliphatic rings. The molecule has 0 saturated heterocycles. The molecule has 0 spiro atoms. The first-order valence-corrected chi connectivity index (χ1v) is 10.4. The van der Waals surface area contributed by atoms with E-state index in [9.17, 15) is 9.59 Å². The van der Waals surface area contributed by atoms with Crippen molar-refractivity contribution in [2.24, 2.45) is 0 Å². The number of methoxy groups -OCH3 is 1. The van der Waals surface area contributed by atoms with E-state index >= 15 is 0 Å². The Morgan fingerprint density at radius 3 is 2.23 bits per heavy atom. The lowest BCUT2D eigenvalue weighted by molar-refractivity contribution is -0.164. The van der Waals surface area contributed by atoms with Crippen molar-refractivity contribution in [2.45, 2.75) is 38.6 Å². The van der Waals surface area contributed by atoms with E-state index in [0.717, 1.165) is 0 Å². The van der Waals surface area contributed by atoms with Crippen LogP contribution < -0.4 is 5.19 Å². The molecule has 2 atom stereocenters.